The Morgan fingerprint density at radius 1 is 1.05 bits per heavy atom. The minimum atomic E-state index is -0.178. The largest absolute Gasteiger partial charge is 0.345 e. The third-order valence-corrected chi connectivity index (χ3v) is 9.98. The van der Waals surface area contributed by atoms with Crippen LogP contribution in [0.2, 0.25) is 5.02 Å². The Hall–Kier alpha value is -3.16. The van der Waals surface area contributed by atoms with Crippen LogP contribution in [0.1, 0.15) is 81.2 Å². The molecule has 2 fully saturated rings. The van der Waals surface area contributed by atoms with E-state index in [0.717, 1.165) is 69.5 Å². The molecule has 3 aromatic rings. The van der Waals surface area contributed by atoms with Gasteiger partial charge in [-0.1, -0.05) is 29.8 Å². The van der Waals surface area contributed by atoms with Gasteiger partial charge in [0.15, 0.2) is 0 Å². The molecule has 2 aromatic carbocycles. The van der Waals surface area contributed by atoms with Crippen molar-refractivity contribution >= 4 is 23.4 Å². The van der Waals surface area contributed by atoms with Gasteiger partial charge < -0.3 is 10.2 Å². The van der Waals surface area contributed by atoms with Crippen molar-refractivity contribution in [2.75, 3.05) is 26.2 Å². The van der Waals surface area contributed by atoms with Crippen molar-refractivity contribution in [3.63, 3.8) is 0 Å². The molecule has 0 radical (unpaired) electrons. The molecule has 1 unspecified atom stereocenters. The number of carbonyl (C=O) groups is 2. The van der Waals surface area contributed by atoms with Crippen molar-refractivity contribution in [3.05, 3.63) is 87.2 Å². The van der Waals surface area contributed by atoms with Crippen molar-refractivity contribution in [2.45, 2.75) is 58.0 Å². The standard InChI is InChI=1S/C32H38ClN5O2/c1-22-25(20-34-36(22)2)21-37-15-11-32(12-16-37)13-17-38(18-14-32)31(40)24-8-7-23-9-10-29(27(23)19-24)35-30(39)26-5-3-4-6-28(26)33/h3-8,19-20,29H,9-18,21H2,1-2H3,(H,35,39). The highest BCUT2D eigenvalue weighted by Gasteiger charge is 2.39. The Bertz CT molecular complexity index is 1410. The molecule has 1 aliphatic carbocycles. The Labute approximate surface area is 241 Å². The SMILES string of the molecule is Cc1c(CN2CCC3(CC2)CCN(C(=O)c2ccc4c(c2)C(NC(=O)c2ccccc2Cl)CC4)CC3)cnn1C. The van der Waals surface area contributed by atoms with Crippen LogP contribution in [-0.2, 0) is 20.0 Å². The Balaban J connectivity index is 1.05. The smallest absolute Gasteiger partial charge is 0.253 e. The van der Waals surface area contributed by atoms with E-state index in [4.69, 9.17) is 11.6 Å². The molecule has 0 saturated carbocycles. The zero-order valence-corrected chi connectivity index (χ0v) is 24.2. The van der Waals surface area contributed by atoms with E-state index in [9.17, 15) is 9.59 Å². The number of benzene rings is 2. The lowest BCUT2D eigenvalue weighted by molar-refractivity contribution is 0.0284. The number of aromatic nitrogens is 2. The normalized spacial score (nSPS) is 20.5. The Morgan fingerprint density at radius 3 is 2.48 bits per heavy atom. The first-order valence-corrected chi connectivity index (χ1v) is 14.9. The van der Waals surface area contributed by atoms with Gasteiger partial charge in [-0.15, -0.1) is 0 Å². The van der Waals surface area contributed by atoms with Gasteiger partial charge in [0.1, 0.15) is 0 Å². The summed E-state index contributed by atoms with van der Waals surface area (Å²) in [5.74, 6) is -0.0756. The fraction of sp³-hybridized carbons (Fsp3) is 0.469. The van der Waals surface area contributed by atoms with Crippen LogP contribution in [0.4, 0.5) is 0 Å². The number of carbonyl (C=O) groups excluding carboxylic acids is 2. The zero-order chi connectivity index (χ0) is 27.9. The maximum atomic E-state index is 13.6. The molecule has 2 saturated heterocycles. The molecule has 0 bridgehead atoms. The van der Waals surface area contributed by atoms with Gasteiger partial charge in [0.2, 0.25) is 0 Å². The summed E-state index contributed by atoms with van der Waals surface area (Å²) in [4.78, 5) is 31.0. The molecule has 7 nitrogen and oxygen atoms in total. The number of hydrogen-bond donors (Lipinski definition) is 1. The molecule has 6 rings (SSSR count). The van der Waals surface area contributed by atoms with E-state index in [-0.39, 0.29) is 17.9 Å². The van der Waals surface area contributed by atoms with Crippen molar-refractivity contribution in [1.29, 1.82) is 0 Å². The zero-order valence-electron chi connectivity index (χ0n) is 23.5. The quantitative estimate of drug-likeness (QED) is 0.459. The average molecular weight is 560 g/mol. The number of piperidine rings is 2. The summed E-state index contributed by atoms with van der Waals surface area (Å²) >= 11 is 6.24. The van der Waals surface area contributed by atoms with Crippen molar-refractivity contribution in [3.8, 4) is 0 Å². The maximum Gasteiger partial charge on any atom is 0.253 e. The summed E-state index contributed by atoms with van der Waals surface area (Å²) in [5.41, 5.74) is 6.36. The van der Waals surface area contributed by atoms with E-state index < -0.39 is 0 Å². The number of hydrogen-bond acceptors (Lipinski definition) is 4. The highest BCUT2D eigenvalue weighted by Crippen LogP contribution is 2.42. The number of nitrogens with one attached hydrogen (secondary N) is 1. The van der Waals surface area contributed by atoms with E-state index in [1.807, 2.05) is 47.1 Å². The topological polar surface area (TPSA) is 70.5 Å². The monoisotopic (exact) mass is 559 g/mol. The first-order valence-electron chi connectivity index (χ1n) is 14.5. The van der Waals surface area contributed by atoms with Gasteiger partial charge in [-0.3, -0.25) is 19.2 Å². The minimum absolute atomic E-state index is 0.102. The van der Waals surface area contributed by atoms with Crippen LogP contribution in [0.3, 0.4) is 0 Å². The number of halogens is 1. The number of likely N-dealkylation sites (tertiary alicyclic amines) is 2. The van der Waals surface area contributed by atoms with Crippen molar-refractivity contribution in [1.82, 2.24) is 24.9 Å². The predicted molar refractivity (Wildman–Crippen MR) is 156 cm³/mol. The van der Waals surface area contributed by atoms with Crippen LogP contribution in [0.15, 0.2) is 48.7 Å². The maximum absolute atomic E-state index is 13.6. The van der Waals surface area contributed by atoms with Crippen LogP contribution in [0.5, 0.6) is 0 Å². The van der Waals surface area contributed by atoms with E-state index in [1.54, 1.807) is 12.1 Å². The summed E-state index contributed by atoms with van der Waals surface area (Å²) < 4.78 is 1.95. The molecule has 3 heterocycles. The predicted octanol–water partition coefficient (Wildman–Crippen LogP) is 5.32. The first-order chi connectivity index (χ1) is 19.3. The summed E-state index contributed by atoms with van der Waals surface area (Å²) in [6.07, 6.45) is 8.24. The third-order valence-electron chi connectivity index (χ3n) is 9.65. The number of rotatable bonds is 5. The molecule has 40 heavy (non-hydrogen) atoms. The van der Waals surface area contributed by atoms with Gasteiger partial charge in [0.25, 0.3) is 11.8 Å². The summed E-state index contributed by atoms with van der Waals surface area (Å²) in [6, 6.07) is 13.0. The number of nitrogens with zero attached hydrogens (tertiary/aromatic N) is 4. The van der Waals surface area contributed by atoms with Gasteiger partial charge in [0.05, 0.1) is 22.8 Å². The van der Waals surface area contributed by atoms with Gasteiger partial charge in [0, 0.05) is 43.5 Å². The van der Waals surface area contributed by atoms with E-state index in [1.165, 1.54) is 29.7 Å². The third kappa shape index (κ3) is 5.29. The average Bonchev–Trinajstić information content (AvgIpc) is 3.52. The number of aryl methyl sites for hydroxylation is 2. The minimum Gasteiger partial charge on any atom is -0.345 e. The molecule has 2 amide bonds. The van der Waals surface area contributed by atoms with Crippen molar-refractivity contribution in [2.24, 2.45) is 12.5 Å². The van der Waals surface area contributed by atoms with Crippen LogP contribution in [-0.4, -0.2) is 57.6 Å². The summed E-state index contributed by atoms with van der Waals surface area (Å²) in [7, 11) is 2.00. The molecule has 210 valence electrons. The second-order valence-corrected chi connectivity index (χ2v) is 12.3. The summed E-state index contributed by atoms with van der Waals surface area (Å²) in [5, 5.41) is 7.98. The second-order valence-electron chi connectivity index (χ2n) is 11.9. The van der Waals surface area contributed by atoms with Crippen molar-refractivity contribution < 1.29 is 9.59 Å². The van der Waals surface area contributed by atoms with Gasteiger partial charge in [-0.05, 0) is 99.3 Å². The fourth-order valence-electron chi connectivity index (χ4n) is 6.76. The molecule has 3 aliphatic rings. The number of fused-ring (bicyclic) bond motifs is 1. The lowest BCUT2D eigenvalue weighted by atomic mass is 9.71. The molecule has 1 spiro atoms. The van der Waals surface area contributed by atoms with Crippen LogP contribution < -0.4 is 5.32 Å². The van der Waals surface area contributed by atoms with E-state index >= 15 is 0 Å². The molecular formula is C32H38ClN5O2. The lowest BCUT2D eigenvalue weighted by Crippen LogP contribution is -2.48. The Kier molecular flexibility index (Phi) is 7.44. The van der Waals surface area contributed by atoms with Crippen LogP contribution in [0.25, 0.3) is 0 Å². The lowest BCUT2D eigenvalue weighted by Gasteiger charge is -2.47. The van der Waals surface area contributed by atoms with Gasteiger partial charge >= 0.3 is 0 Å². The molecule has 1 aromatic heterocycles. The molecule has 1 N–H and O–H groups in total. The molecule has 8 heteroatoms. The summed E-state index contributed by atoms with van der Waals surface area (Å²) in [6.45, 7) is 6.94. The van der Waals surface area contributed by atoms with E-state index in [2.05, 4.69) is 28.3 Å². The first kappa shape index (κ1) is 27.0. The second kappa shape index (κ2) is 11.0. The molecule has 2 aliphatic heterocycles. The van der Waals surface area contributed by atoms with Crippen LogP contribution >= 0.6 is 11.6 Å². The fourth-order valence-corrected chi connectivity index (χ4v) is 6.98. The van der Waals surface area contributed by atoms with E-state index in [0.29, 0.717) is 16.0 Å². The molecule has 1 atom stereocenters. The Morgan fingerprint density at radius 2 is 1.77 bits per heavy atom. The number of amides is 2. The highest BCUT2D eigenvalue weighted by atomic mass is 35.5. The van der Waals surface area contributed by atoms with Gasteiger partial charge in [-0.25, -0.2) is 0 Å². The van der Waals surface area contributed by atoms with Crippen LogP contribution in [0, 0.1) is 12.3 Å². The molecular weight excluding hydrogens is 522 g/mol. The highest BCUT2D eigenvalue weighted by molar-refractivity contribution is 6.33. The van der Waals surface area contributed by atoms with Gasteiger partial charge in [-0.2, -0.15) is 5.10 Å².